The van der Waals surface area contributed by atoms with E-state index < -0.39 is 17.9 Å². The van der Waals surface area contributed by atoms with Crippen LogP contribution in [0.15, 0.2) is 0 Å². The number of aliphatic hydroxyl groups is 1. The summed E-state index contributed by atoms with van der Waals surface area (Å²) in [6, 6.07) is -0.955. The minimum atomic E-state index is -1.11. The van der Waals surface area contributed by atoms with Gasteiger partial charge in [0, 0.05) is 6.61 Å². The molecule has 0 aromatic rings. The fraction of sp³-hybridized carbons (Fsp3) is 0.714. The lowest BCUT2D eigenvalue weighted by atomic mass is 10.2. The van der Waals surface area contributed by atoms with E-state index in [1.807, 2.05) is 0 Å². The second-order valence-corrected chi connectivity index (χ2v) is 2.59. The predicted molar refractivity (Wildman–Crippen MR) is 44.9 cm³/mol. The van der Waals surface area contributed by atoms with Gasteiger partial charge < -0.3 is 21.3 Å². The van der Waals surface area contributed by atoms with Crippen LogP contribution in [0.5, 0.6) is 0 Å². The van der Waals surface area contributed by atoms with E-state index in [9.17, 15) is 9.59 Å². The van der Waals surface area contributed by atoms with Crippen molar-refractivity contribution >= 4 is 11.9 Å². The highest BCUT2D eigenvalue weighted by Crippen LogP contribution is 1.91. The number of hydrogen-bond donors (Lipinski definition) is 4. The predicted octanol–water partition coefficient (Wildman–Crippen LogP) is -1.71. The Hall–Kier alpha value is -1.14. The number of hydrogen-bond acceptors (Lipinski definition) is 4. The summed E-state index contributed by atoms with van der Waals surface area (Å²) in [5.74, 6) is -1.78. The Balaban J connectivity index is 3.81. The van der Waals surface area contributed by atoms with Crippen LogP contribution < -0.4 is 11.1 Å². The maximum absolute atomic E-state index is 10.5. The van der Waals surface area contributed by atoms with Gasteiger partial charge >= 0.3 is 5.97 Å². The van der Waals surface area contributed by atoms with Gasteiger partial charge in [-0.2, -0.15) is 0 Å². The first kappa shape index (κ1) is 11.9. The van der Waals surface area contributed by atoms with E-state index in [4.69, 9.17) is 15.9 Å². The van der Waals surface area contributed by atoms with Crippen molar-refractivity contribution in [3.63, 3.8) is 0 Å². The molecule has 1 atom stereocenters. The lowest BCUT2D eigenvalue weighted by molar-refractivity contribution is -0.141. The second kappa shape index (κ2) is 6.38. The number of aliphatic hydroxyl groups excluding tert-OH is 1. The van der Waals surface area contributed by atoms with Crippen molar-refractivity contribution in [2.75, 3.05) is 13.2 Å². The summed E-state index contributed by atoms with van der Waals surface area (Å²) >= 11 is 0. The summed E-state index contributed by atoms with van der Waals surface area (Å²) < 4.78 is 0. The Kier molecular flexibility index (Phi) is 5.82. The highest BCUT2D eigenvalue weighted by atomic mass is 16.4. The van der Waals surface area contributed by atoms with Gasteiger partial charge in [-0.3, -0.25) is 9.59 Å². The molecule has 0 rings (SSSR count). The van der Waals surface area contributed by atoms with Gasteiger partial charge in [-0.25, -0.2) is 0 Å². The minimum absolute atomic E-state index is 0.0179. The van der Waals surface area contributed by atoms with Crippen LogP contribution in [-0.4, -0.2) is 41.3 Å². The van der Waals surface area contributed by atoms with Crippen LogP contribution in [0.1, 0.15) is 12.8 Å². The second-order valence-electron chi connectivity index (χ2n) is 2.59. The smallest absolute Gasteiger partial charge is 0.321 e. The highest BCUT2D eigenvalue weighted by molar-refractivity contribution is 5.83. The topological polar surface area (TPSA) is 113 Å². The maximum atomic E-state index is 10.5. The number of carboxylic acids is 1. The molecular weight excluding hydrogens is 176 g/mol. The van der Waals surface area contributed by atoms with Crippen molar-refractivity contribution < 1.29 is 19.8 Å². The molecule has 0 radical (unpaired) electrons. The molecule has 6 nitrogen and oxygen atoms in total. The largest absolute Gasteiger partial charge is 0.480 e. The molecule has 0 unspecified atom stereocenters. The molecular formula is C7H14N2O4. The van der Waals surface area contributed by atoms with Crippen LogP contribution in [0.3, 0.4) is 0 Å². The number of carbonyl (C=O) groups excluding carboxylic acids is 1. The van der Waals surface area contributed by atoms with Gasteiger partial charge in [0.25, 0.3) is 0 Å². The summed E-state index contributed by atoms with van der Waals surface area (Å²) in [6.07, 6.45) is 0.212. The number of rotatable bonds is 7. The Morgan fingerprint density at radius 2 is 2.08 bits per heavy atom. The standard InChI is InChI=1S/C7H14N2O4/c8-6(11)4-5(7(12)13)9-2-1-3-10/h5,9-10H,1-4H2,(H2,8,11)(H,12,13)/t5-/m1/s1. The zero-order chi connectivity index (χ0) is 10.3. The Morgan fingerprint density at radius 3 is 2.46 bits per heavy atom. The number of primary amides is 1. The quantitative estimate of drug-likeness (QED) is 0.357. The first-order chi connectivity index (χ1) is 6.07. The van der Waals surface area contributed by atoms with Gasteiger partial charge in [0.1, 0.15) is 6.04 Å². The Morgan fingerprint density at radius 1 is 1.46 bits per heavy atom. The van der Waals surface area contributed by atoms with Crippen molar-refractivity contribution in [1.82, 2.24) is 5.32 Å². The van der Waals surface area contributed by atoms with E-state index in [1.54, 1.807) is 0 Å². The number of amides is 1. The third-order valence-corrected chi connectivity index (χ3v) is 1.43. The molecule has 13 heavy (non-hydrogen) atoms. The number of aliphatic carboxylic acids is 1. The number of nitrogens with one attached hydrogen (secondary N) is 1. The van der Waals surface area contributed by atoms with Gasteiger partial charge in [0.15, 0.2) is 0 Å². The van der Waals surface area contributed by atoms with E-state index in [0.717, 1.165) is 0 Å². The fourth-order valence-electron chi connectivity index (χ4n) is 0.803. The normalized spacial score (nSPS) is 12.4. The molecule has 0 aliphatic rings. The van der Waals surface area contributed by atoms with Crippen LogP contribution in [-0.2, 0) is 9.59 Å². The molecule has 0 bridgehead atoms. The molecule has 0 aromatic heterocycles. The SMILES string of the molecule is NC(=O)C[C@@H](NCCCO)C(=O)O. The lowest BCUT2D eigenvalue weighted by Crippen LogP contribution is -2.40. The monoisotopic (exact) mass is 190 g/mol. The van der Waals surface area contributed by atoms with Crippen LogP contribution >= 0.6 is 0 Å². The Labute approximate surface area is 75.7 Å². The van der Waals surface area contributed by atoms with Crippen LogP contribution in [0.25, 0.3) is 0 Å². The molecule has 0 aliphatic heterocycles. The highest BCUT2D eigenvalue weighted by Gasteiger charge is 2.18. The lowest BCUT2D eigenvalue weighted by Gasteiger charge is -2.11. The van der Waals surface area contributed by atoms with Crippen molar-refractivity contribution in [3.05, 3.63) is 0 Å². The minimum Gasteiger partial charge on any atom is -0.480 e. The van der Waals surface area contributed by atoms with E-state index >= 15 is 0 Å². The number of carboxylic acid groups (broad SMARTS) is 1. The summed E-state index contributed by atoms with van der Waals surface area (Å²) in [7, 11) is 0. The molecule has 0 aliphatic carbocycles. The average Bonchev–Trinajstić information content (AvgIpc) is 2.02. The van der Waals surface area contributed by atoms with E-state index in [-0.39, 0.29) is 13.0 Å². The van der Waals surface area contributed by atoms with Gasteiger partial charge in [0.2, 0.25) is 5.91 Å². The number of nitrogens with two attached hydrogens (primary N) is 1. The van der Waals surface area contributed by atoms with E-state index in [1.165, 1.54) is 0 Å². The average molecular weight is 190 g/mol. The molecule has 0 aromatic carbocycles. The maximum Gasteiger partial charge on any atom is 0.321 e. The first-order valence-corrected chi connectivity index (χ1v) is 3.93. The van der Waals surface area contributed by atoms with Crippen LogP contribution in [0, 0.1) is 0 Å². The summed E-state index contributed by atoms with van der Waals surface area (Å²) in [5.41, 5.74) is 4.84. The van der Waals surface area contributed by atoms with E-state index in [0.29, 0.717) is 13.0 Å². The molecule has 0 fully saturated rings. The summed E-state index contributed by atoms with van der Waals surface area (Å²) in [6.45, 7) is 0.330. The fourth-order valence-corrected chi connectivity index (χ4v) is 0.803. The van der Waals surface area contributed by atoms with Crippen LogP contribution in [0.4, 0.5) is 0 Å². The van der Waals surface area contributed by atoms with Gasteiger partial charge in [-0.1, -0.05) is 0 Å². The zero-order valence-electron chi connectivity index (χ0n) is 7.19. The molecule has 0 saturated carbocycles. The van der Waals surface area contributed by atoms with Gasteiger partial charge in [-0.15, -0.1) is 0 Å². The van der Waals surface area contributed by atoms with Crippen molar-refractivity contribution in [2.24, 2.45) is 5.73 Å². The van der Waals surface area contributed by atoms with Crippen molar-refractivity contribution in [3.8, 4) is 0 Å². The molecule has 0 heterocycles. The van der Waals surface area contributed by atoms with Crippen LogP contribution in [0.2, 0.25) is 0 Å². The van der Waals surface area contributed by atoms with Gasteiger partial charge in [-0.05, 0) is 13.0 Å². The third-order valence-electron chi connectivity index (χ3n) is 1.43. The molecule has 1 amide bonds. The number of carbonyl (C=O) groups is 2. The first-order valence-electron chi connectivity index (χ1n) is 3.93. The molecule has 0 saturated heterocycles. The summed E-state index contributed by atoms with van der Waals surface area (Å²) in [5, 5.41) is 19.6. The summed E-state index contributed by atoms with van der Waals surface area (Å²) in [4.78, 5) is 20.9. The zero-order valence-corrected chi connectivity index (χ0v) is 7.19. The van der Waals surface area contributed by atoms with Gasteiger partial charge in [0.05, 0.1) is 6.42 Å². The molecule has 76 valence electrons. The third kappa shape index (κ3) is 6.06. The van der Waals surface area contributed by atoms with Crippen molar-refractivity contribution in [1.29, 1.82) is 0 Å². The molecule has 0 spiro atoms. The van der Waals surface area contributed by atoms with E-state index in [2.05, 4.69) is 5.32 Å². The molecule has 6 heteroatoms. The molecule has 5 N–H and O–H groups in total. The van der Waals surface area contributed by atoms with Crippen molar-refractivity contribution in [2.45, 2.75) is 18.9 Å². The Bertz CT molecular complexity index is 183.